The van der Waals surface area contributed by atoms with Gasteiger partial charge in [-0.3, -0.25) is 0 Å². The fraction of sp³-hybridized carbons (Fsp3) is 0.0909. The highest BCUT2D eigenvalue weighted by Crippen LogP contribution is 2.22. The third kappa shape index (κ3) is 2.07. The summed E-state index contributed by atoms with van der Waals surface area (Å²) in [4.78, 5) is 0. The molecule has 4 heteroatoms. The van der Waals surface area contributed by atoms with E-state index >= 15 is 0 Å². The lowest BCUT2D eigenvalue weighted by Crippen LogP contribution is -1.97. The molecule has 0 unspecified atom stereocenters. The highest BCUT2D eigenvalue weighted by atomic mass is 35.5. The van der Waals surface area contributed by atoms with Gasteiger partial charge in [-0.15, -0.1) is 10.2 Å². The maximum atomic E-state index is 5.81. The molecule has 0 saturated carbocycles. The first kappa shape index (κ1) is 9.93. The lowest BCUT2D eigenvalue weighted by molar-refractivity contribution is 1.03. The molecule has 1 heterocycles. The highest BCUT2D eigenvalue weighted by Gasteiger charge is 2.04. The molecular weight excluding hydrogens is 210 g/mol. The van der Waals surface area contributed by atoms with Gasteiger partial charge in [0.1, 0.15) is 5.82 Å². The van der Waals surface area contributed by atoms with Crippen LogP contribution in [0.2, 0.25) is 5.02 Å². The number of hydrogen-bond donors (Lipinski definition) is 1. The second-order valence-electron chi connectivity index (χ2n) is 3.31. The first-order valence-electron chi connectivity index (χ1n) is 4.52. The Balaban J connectivity index is 2.49. The van der Waals surface area contributed by atoms with Crippen molar-refractivity contribution >= 4 is 17.4 Å². The van der Waals surface area contributed by atoms with Gasteiger partial charge in [0.2, 0.25) is 0 Å². The van der Waals surface area contributed by atoms with Crippen LogP contribution in [-0.4, -0.2) is 10.2 Å². The van der Waals surface area contributed by atoms with E-state index in [1.54, 1.807) is 6.07 Å². The molecular formula is C11H10ClN3. The molecule has 0 saturated heterocycles. The second kappa shape index (κ2) is 3.87. The Bertz CT molecular complexity index is 480. The zero-order valence-corrected chi connectivity index (χ0v) is 8.99. The fourth-order valence-corrected chi connectivity index (χ4v) is 1.52. The summed E-state index contributed by atoms with van der Waals surface area (Å²) in [6, 6.07) is 9.28. The molecule has 0 amide bonds. The van der Waals surface area contributed by atoms with Crippen LogP contribution in [0.1, 0.15) is 5.56 Å². The molecule has 0 atom stereocenters. The molecule has 0 aliphatic heterocycles. The van der Waals surface area contributed by atoms with Gasteiger partial charge in [0.15, 0.2) is 0 Å². The first-order valence-corrected chi connectivity index (χ1v) is 4.90. The molecule has 1 aromatic carbocycles. The molecule has 1 aromatic heterocycles. The van der Waals surface area contributed by atoms with Crippen LogP contribution in [0, 0.1) is 6.92 Å². The lowest BCUT2D eigenvalue weighted by atomic mass is 10.1. The van der Waals surface area contributed by atoms with E-state index in [1.807, 2.05) is 31.2 Å². The van der Waals surface area contributed by atoms with E-state index in [0.717, 1.165) is 16.8 Å². The van der Waals surface area contributed by atoms with Crippen LogP contribution in [-0.2, 0) is 0 Å². The highest BCUT2D eigenvalue weighted by molar-refractivity contribution is 6.30. The van der Waals surface area contributed by atoms with E-state index in [2.05, 4.69) is 10.2 Å². The summed E-state index contributed by atoms with van der Waals surface area (Å²) in [5, 5.41) is 8.60. The van der Waals surface area contributed by atoms with Crippen molar-refractivity contribution in [2.75, 3.05) is 5.73 Å². The van der Waals surface area contributed by atoms with Crippen molar-refractivity contribution in [2.24, 2.45) is 0 Å². The van der Waals surface area contributed by atoms with Gasteiger partial charge in [-0.1, -0.05) is 23.7 Å². The summed E-state index contributed by atoms with van der Waals surface area (Å²) >= 11 is 5.81. The fourth-order valence-electron chi connectivity index (χ4n) is 1.40. The summed E-state index contributed by atoms with van der Waals surface area (Å²) in [5.74, 6) is 0.435. The van der Waals surface area contributed by atoms with Crippen molar-refractivity contribution in [1.82, 2.24) is 10.2 Å². The average molecular weight is 220 g/mol. The van der Waals surface area contributed by atoms with Crippen LogP contribution in [0.5, 0.6) is 0 Å². The number of nitrogen functional groups attached to an aromatic ring is 1. The number of rotatable bonds is 1. The van der Waals surface area contributed by atoms with Crippen molar-refractivity contribution in [1.29, 1.82) is 0 Å². The number of aryl methyl sites for hydroxylation is 1. The minimum absolute atomic E-state index is 0.435. The van der Waals surface area contributed by atoms with Gasteiger partial charge >= 0.3 is 0 Å². The van der Waals surface area contributed by atoms with E-state index < -0.39 is 0 Å². The van der Waals surface area contributed by atoms with Crippen molar-refractivity contribution in [3.05, 3.63) is 40.9 Å². The van der Waals surface area contributed by atoms with Gasteiger partial charge in [0.05, 0.1) is 5.69 Å². The van der Waals surface area contributed by atoms with E-state index in [-0.39, 0.29) is 0 Å². The lowest BCUT2D eigenvalue weighted by Gasteiger charge is -2.04. The topological polar surface area (TPSA) is 51.8 Å². The van der Waals surface area contributed by atoms with Crippen molar-refractivity contribution in [2.45, 2.75) is 6.92 Å². The van der Waals surface area contributed by atoms with Gasteiger partial charge in [0.25, 0.3) is 0 Å². The molecule has 2 aromatic rings. The largest absolute Gasteiger partial charge is 0.382 e. The SMILES string of the molecule is Cc1cc(N)nnc1-c1ccc(Cl)cc1. The number of nitrogens with zero attached hydrogens (tertiary/aromatic N) is 2. The van der Waals surface area contributed by atoms with Crippen LogP contribution in [0.4, 0.5) is 5.82 Å². The number of hydrogen-bond acceptors (Lipinski definition) is 3. The summed E-state index contributed by atoms with van der Waals surface area (Å²) in [6.07, 6.45) is 0. The van der Waals surface area contributed by atoms with Crippen molar-refractivity contribution in [3.8, 4) is 11.3 Å². The molecule has 2 N–H and O–H groups in total. The Labute approximate surface area is 92.9 Å². The second-order valence-corrected chi connectivity index (χ2v) is 3.74. The standard InChI is InChI=1S/C11H10ClN3/c1-7-6-10(13)14-15-11(7)8-2-4-9(12)5-3-8/h2-6H,1H3,(H2,13,14). The average Bonchev–Trinajstić information content (AvgIpc) is 2.20. The maximum absolute atomic E-state index is 5.81. The van der Waals surface area contributed by atoms with Gasteiger partial charge in [0, 0.05) is 10.6 Å². The number of nitrogens with two attached hydrogens (primary N) is 1. The van der Waals surface area contributed by atoms with E-state index in [0.29, 0.717) is 10.8 Å². The Kier molecular flexibility index (Phi) is 2.56. The zero-order chi connectivity index (χ0) is 10.8. The monoisotopic (exact) mass is 219 g/mol. The molecule has 0 aliphatic carbocycles. The predicted octanol–water partition coefficient (Wildman–Crippen LogP) is 2.69. The molecule has 0 fully saturated rings. The molecule has 2 rings (SSSR count). The number of aromatic nitrogens is 2. The van der Waals surface area contributed by atoms with Crippen molar-refractivity contribution < 1.29 is 0 Å². The van der Waals surface area contributed by atoms with E-state index in [1.165, 1.54) is 0 Å². The Hall–Kier alpha value is -1.61. The Morgan fingerprint density at radius 1 is 1.13 bits per heavy atom. The van der Waals surface area contributed by atoms with Gasteiger partial charge in [-0.2, -0.15) is 0 Å². The van der Waals surface area contributed by atoms with Crippen LogP contribution >= 0.6 is 11.6 Å². The molecule has 0 aliphatic rings. The minimum Gasteiger partial charge on any atom is -0.382 e. The van der Waals surface area contributed by atoms with E-state index in [9.17, 15) is 0 Å². The van der Waals surface area contributed by atoms with E-state index in [4.69, 9.17) is 17.3 Å². The summed E-state index contributed by atoms with van der Waals surface area (Å²) in [6.45, 7) is 1.95. The first-order chi connectivity index (χ1) is 7.16. The smallest absolute Gasteiger partial charge is 0.146 e. The van der Waals surface area contributed by atoms with Crippen LogP contribution in [0.3, 0.4) is 0 Å². The third-order valence-electron chi connectivity index (χ3n) is 2.12. The summed E-state index contributed by atoms with van der Waals surface area (Å²) in [7, 11) is 0. The maximum Gasteiger partial charge on any atom is 0.146 e. The van der Waals surface area contributed by atoms with Crippen LogP contribution < -0.4 is 5.73 Å². The summed E-state index contributed by atoms with van der Waals surface area (Å²) < 4.78 is 0. The predicted molar refractivity (Wildman–Crippen MR) is 61.6 cm³/mol. The quantitative estimate of drug-likeness (QED) is 0.802. The van der Waals surface area contributed by atoms with Crippen LogP contribution in [0.25, 0.3) is 11.3 Å². The van der Waals surface area contributed by atoms with Gasteiger partial charge in [-0.05, 0) is 30.7 Å². The third-order valence-corrected chi connectivity index (χ3v) is 2.37. The number of anilines is 1. The molecule has 0 spiro atoms. The van der Waals surface area contributed by atoms with Gasteiger partial charge in [-0.25, -0.2) is 0 Å². The molecule has 15 heavy (non-hydrogen) atoms. The number of halogens is 1. The molecule has 76 valence electrons. The minimum atomic E-state index is 0.435. The van der Waals surface area contributed by atoms with Crippen molar-refractivity contribution in [3.63, 3.8) is 0 Å². The zero-order valence-electron chi connectivity index (χ0n) is 8.24. The molecule has 3 nitrogen and oxygen atoms in total. The van der Waals surface area contributed by atoms with Crippen LogP contribution in [0.15, 0.2) is 30.3 Å². The Morgan fingerprint density at radius 2 is 1.80 bits per heavy atom. The van der Waals surface area contributed by atoms with Gasteiger partial charge < -0.3 is 5.73 Å². The normalized spacial score (nSPS) is 10.3. The summed E-state index contributed by atoms with van der Waals surface area (Å²) in [5.41, 5.74) is 8.36. The Morgan fingerprint density at radius 3 is 2.40 bits per heavy atom. The molecule has 0 radical (unpaired) electrons. The molecule has 0 bridgehead atoms. The number of benzene rings is 1.